The summed E-state index contributed by atoms with van der Waals surface area (Å²) >= 11 is 0. The van der Waals surface area contributed by atoms with E-state index in [1.807, 2.05) is 18.2 Å². The average molecular weight is 408 g/mol. The standard InChI is InChI=1S/C27H20O4/c28-25(20-10-4-1-5-11-20)21-16-18-24(19-17-21)31-26(29)27(30,22-12-6-2-7-13-22)23-14-8-3-9-15-23/h1-19,30H. The Balaban J connectivity index is 1.60. The van der Waals surface area contributed by atoms with Crippen LogP contribution in [0.5, 0.6) is 5.75 Å². The van der Waals surface area contributed by atoms with Gasteiger partial charge in [-0.15, -0.1) is 0 Å². The lowest BCUT2D eigenvalue weighted by atomic mass is 9.86. The molecule has 31 heavy (non-hydrogen) atoms. The summed E-state index contributed by atoms with van der Waals surface area (Å²) in [4.78, 5) is 25.7. The third kappa shape index (κ3) is 4.15. The zero-order valence-electron chi connectivity index (χ0n) is 16.6. The van der Waals surface area contributed by atoms with Crippen molar-refractivity contribution in [2.75, 3.05) is 0 Å². The first kappa shape index (κ1) is 20.3. The monoisotopic (exact) mass is 408 g/mol. The summed E-state index contributed by atoms with van der Waals surface area (Å²) in [6.45, 7) is 0. The molecule has 4 aromatic carbocycles. The highest BCUT2D eigenvalue weighted by atomic mass is 16.6. The third-order valence-corrected chi connectivity index (χ3v) is 5.04. The van der Waals surface area contributed by atoms with Gasteiger partial charge < -0.3 is 9.84 Å². The van der Waals surface area contributed by atoms with Gasteiger partial charge in [0.05, 0.1) is 0 Å². The average Bonchev–Trinajstić information content (AvgIpc) is 2.85. The van der Waals surface area contributed by atoms with E-state index < -0.39 is 11.6 Å². The Kier molecular flexibility index (Phi) is 5.74. The maximum absolute atomic E-state index is 13.1. The number of ether oxygens (including phenoxy) is 1. The van der Waals surface area contributed by atoms with Crippen molar-refractivity contribution < 1.29 is 19.4 Å². The maximum Gasteiger partial charge on any atom is 0.353 e. The number of carbonyl (C=O) groups excluding carboxylic acids is 2. The Morgan fingerprint density at radius 3 is 1.48 bits per heavy atom. The van der Waals surface area contributed by atoms with Gasteiger partial charge in [0.1, 0.15) is 5.75 Å². The summed E-state index contributed by atoms with van der Waals surface area (Å²) in [7, 11) is 0. The number of esters is 1. The quantitative estimate of drug-likeness (QED) is 0.284. The van der Waals surface area contributed by atoms with Crippen LogP contribution in [0.25, 0.3) is 0 Å². The summed E-state index contributed by atoms with van der Waals surface area (Å²) < 4.78 is 5.53. The van der Waals surface area contributed by atoms with Gasteiger partial charge in [0.25, 0.3) is 0 Å². The fraction of sp³-hybridized carbons (Fsp3) is 0.0370. The van der Waals surface area contributed by atoms with Gasteiger partial charge in [-0.05, 0) is 35.4 Å². The summed E-state index contributed by atoms with van der Waals surface area (Å²) in [5, 5.41) is 11.4. The Morgan fingerprint density at radius 2 is 1.00 bits per heavy atom. The van der Waals surface area contributed by atoms with Crippen LogP contribution in [-0.4, -0.2) is 16.9 Å². The van der Waals surface area contributed by atoms with Crippen LogP contribution in [0.3, 0.4) is 0 Å². The molecule has 0 aliphatic carbocycles. The number of rotatable bonds is 6. The van der Waals surface area contributed by atoms with Crippen LogP contribution in [0, 0.1) is 0 Å². The van der Waals surface area contributed by atoms with Crippen molar-refractivity contribution >= 4 is 11.8 Å². The fourth-order valence-corrected chi connectivity index (χ4v) is 3.37. The van der Waals surface area contributed by atoms with E-state index in [9.17, 15) is 14.7 Å². The lowest BCUT2D eigenvalue weighted by Crippen LogP contribution is -2.40. The Labute approximate surface area is 180 Å². The largest absolute Gasteiger partial charge is 0.424 e. The summed E-state index contributed by atoms with van der Waals surface area (Å²) in [6.07, 6.45) is 0. The molecular weight excluding hydrogens is 388 g/mol. The number of carbonyl (C=O) groups is 2. The molecule has 0 bridgehead atoms. The SMILES string of the molecule is O=C(c1ccccc1)c1ccc(OC(=O)C(O)(c2ccccc2)c2ccccc2)cc1. The lowest BCUT2D eigenvalue weighted by molar-refractivity contribution is -0.152. The van der Waals surface area contributed by atoms with Crippen LogP contribution in [0.15, 0.2) is 115 Å². The van der Waals surface area contributed by atoms with Crippen LogP contribution in [0.2, 0.25) is 0 Å². The Hall–Kier alpha value is -4.02. The minimum Gasteiger partial charge on any atom is -0.424 e. The number of hydrogen-bond acceptors (Lipinski definition) is 4. The van der Waals surface area contributed by atoms with Crippen LogP contribution in [0.1, 0.15) is 27.0 Å². The van der Waals surface area contributed by atoms with Gasteiger partial charge in [-0.25, -0.2) is 4.79 Å². The summed E-state index contributed by atoms with van der Waals surface area (Å²) in [5.41, 5.74) is -0.104. The van der Waals surface area contributed by atoms with Crippen molar-refractivity contribution in [1.29, 1.82) is 0 Å². The van der Waals surface area contributed by atoms with Crippen LogP contribution in [0.4, 0.5) is 0 Å². The van der Waals surface area contributed by atoms with E-state index in [0.717, 1.165) is 0 Å². The van der Waals surface area contributed by atoms with Crippen LogP contribution >= 0.6 is 0 Å². The van der Waals surface area contributed by atoms with E-state index in [1.54, 1.807) is 97.1 Å². The fourth-order valence-electron chi connectivity index (χ4n) is 3.37. The normalized spacial score (nSPS) is 11.0. The van der Waals surface area contributed by atoms with Crippen molar-refractivity contribution in [2.45, 2.75) is 5.60 Å². The molecule has 4 aromatic rings. The molecule has 0 amide bonds. The molecule has 4 rings (SSSR count). The molecule has 0 aromatic heterocycles. The van der Waals surface area contributed by atoms with Crippen LogP contribution < -0.4 is 4.74 Å². The smallest absolute Gasteiger partial charge is 0.353 e. The molecule has 0 saturated carbocycles. The van der Waals surface area contributed by atoms with Gasteiger partial charge in [-0.2, -0.15) is 0 Å². The van der Waals surface area contributed by atoms with Gasteiger partial charge in [-0.3, -0.25) is 4.79 Å². The van der Waals surface area contributed by atoms with E-state index in [-0.39, 0.29) is 11.5 Å². The highest BCUT2D eigenvalue weighted by Gasteiger charge is 2.42. The van der Waals surface area contributed by atoms with Crippen molar-refractivity contribution in [3.8, 4) is 5.75 Å². The molecule has 0 heterocycles. The second kappa shape index (κ2) is 8.78. The van der Waals surface area contributed by atoms with Gasteiger partial charge in [0.15, 0.2) is 5.78 Å². The molecule has 0 atom stereocenters. The van der Waals surface area contributed by atoms with Gasteiger partial charge in [0.2, 0.25) is 5.60 Å². The Bertz CT molecular complexity index is 1130. The summed E-state index contributed by atoms with van der Waals surface area (Å²) in [5.74, 6) is -0.713. The predicted octanol–water partition coefficient (Wildman–Crippen LogP) is 4.76. The van der Waals surface area contributed by atoms with Gasteiger partial charge in [0, 0.05) is 11.1 Å². The molecular formula is C27H20O4. The lowest BCUT2D eigenvalue weighted by Gasteiger charge is -2.27. The van der Waals surface area contributed by atoms with Crippen molar-refractivity contribution in [1.82, 2.24) is 0 Å². The molecule has 0 aliphatic rings. The van der Waals surface area contributed by atoms with E-state index in [0.29, 0.717) is 22.3 Å². The molecule has 0 fully saturated rings. The number of aliphatic hydroxyl groups is 1. The molecule has 4 nitrogen and oxygen atoms in total. The van der Waals surface area contributed by atoms with Crippen molar-refractivity contribution in [2.24, 2.45) is 0 Å². The zero-order valence-corrected chi connectivity index (χ0v) is 16.6. The van der Waals surface area contributed by atoms with E-state index in [2.05, 4.69) is 0 Å². The Morgan fingerprint density at radius 1 is 0.581 bits per heavy atom. The van der Waals surface area contributed by atoms with Crippen molar-refractivity contribution in [3.05, 3.63) is 138 Å². The minimum absolute atomic E-state index is 0.122. The highest BCUT2D eigenvalue weighted by molar-refractivity contribution is 6.09. The third-order valence-electron chi connectivity index (χ3n) is 5.04. The van der Waals surface area contributed by atoms with Crippen LogP contribution in [-0.2, 0) is 10.4 Å². The zero-order chi connectivity index (χ0) is 21.7. The summed E-state index contributed by atoms with van der Waals surface area (Å²) in [6, 6.07) is 32.6. The topological polar surface area (TPSA) is 63.6 Å². The second-order valence-electron chi connectivity index (χ2n) is 7.05. The molecule has 0 saturated heterocycles. The minimum atomic E-state index is -1.97. The number of hydrogen-bond donors (Lipinski definition) is 1. The molecule has 1 N–H and O–H groups in total. The van der Waals surface area contributed by atoms with Gasteiger partial charge in [-0.1, -0.05) is 91.0 Å². The predicted molar refractivity (Wildman–Crippen MR) is 118 cm³/mol. The van der Waals surface area contributed by atoms with Crippen molar-refractivity contribution in [3.63, 3.8) is 0 Å². The maximum atomic E-state index is 13.1. The first-order valence-corrected chi connectivity index (χ1v) is 9.84. The van der Waals surface area contributed by atoms with E-state index >= 15 is 0 Å². The molecule has 0 radical (unpaired) electrons. The highest BCUT2D eigenvalue weighted by Crippen LogP contribution is 2.31. The number of benzene rings is 4. The molecule has 152 valence electrons. The first-order chi connectivity index (χ1) is 15.1. The van der Waals surface area contributed by atoms with E-state index in [1.165, 1.54) is 0 Å². The molecule has 0 aliphatic heterocycles. The molecule has 0 unspecified atom stereocenters. The first-order valence-electron chi connectivity index (χ1n) is 9.84. The van der Waals surface area contributed by atoms with Gasteiger partial charge >= 0.3 is 5.97 Å². The van der Waals surface area contributed by atoms with E-state index in [4.69, 9.17) is 4.74 Å². The number of ketones is 1. The molecule has 0 spiro atoms. The molecule has 4 heteroatoms. The second-order valence-corrected chi connectivity index (χ2v) is 7.05.